The van der Waals surface area contributed by atoms with Crippen LogP contribution in [0.2, 0.25) is 0 Å². The van der Waals surface area contributed by atoms with E-state index in [1.54, 1.807) is 0 Å². The highest BCUT2D eigenvalue weighted by Gasteiger charge is 2.08. The standard InChI is InChI=1S/C6H6N2OS2/c1-2-10-6-8-5(9)4(3-7)11-6/h9H,2H2,1H3. The predicted molar refractivity (Wildman–Crippen MR) is 44.9 cm³/mol. The minimum absolute atomic E-state index is 0.145. The number of nitrogens with zero attached hydrogens (tertiary/aromatic N) is 2. The highest BCUT2D eigenvalue weighted by molar-refractivity contribution is 8.01. The molecule has 1 N–H and O–H groups in total. The number of aromatic hydroxyl groups is 1. The van der Waals surface area contributed by atoms with Crippen LogP contribution >= 0.6 is 23.1 Å². The Balaban J connectivity index is 2.89. The van der Waals surface area contributed by atoms with E-state index in [9.17, 15) is 0 Å². The maximum absolute atomic E-state index is 9.02. The lowest BCUT2D eigenvalue weighted by Crippen LogP contribution is -1.68. The lowest BCUT2D eigenvalue weighted by atomic mass is 10.6. The molecule has 58 valence electrons. The molecular formula is C6H6N2OS2. The maximum Gasteiger partial charge on any atom is 0.241 e. The second-order valence-corrected chi connectivity index (χ2v) is 4.19. The van der Waals surface area contributed by atoms with Crippen molar-refractivity contribution in [2.24, 2.45) is 0 Å². The quantitative estimate of drug-likeness (QED) is 0.716. The van der Waals surface area contributed by atoms with E-state index in [1.165, 1.54) is 23.1 Å². The fourth-order valence-electron chi connectivity index (χ4n) is 0.551. The van der Waals surface area contributed by atoms with Gasteiger partial charge in [0.05, 0.1) is 0 Å². The lowest BCUT2D eigenvalue weighted by molar-refractivity contribution is 0.453. The van der Waals surface area contributed by atoms with Crippen LogP contribution in [-0.4, -0.2) is 15.8 Å². The van der Waals surface area contributed by atoms with Crippen LogP contribution in [0.4, 0.5) is 0 Å². The van der Waals surface area contributed by atoms with Crippen LogP contribution in [-0.2, 0) is 0 Å². The second kappa shape index (κ2) is 3.60. The summed E-state index contributed by atoms with van der Waals surface area (Å²) in [5.74, 6) is 0.756. The molecular weight excluding hydrogens is 180 g/mol. The third kappa shape index (κ3) is 1.85. The van der Waals surface area contributed by atoms with E-state index in [0.29, 0.717) is 4.88 Å². The molecule has 0 spiro atoms. The molecule has 1 heterocycles. The Bertz CT molecular complexity index is 289. The molecule has 0 atom stereocenters. The summed E-state index contributed by atoms with van der Waals surface area (Å²) >= 11 is 2.75. The fraction of sp³-hybridized carbons (Fsp3) is 0.333. The van der Waals surface area contributed by atoms with Gasteiger partial charge in [0, 0.05) is 0 Å². The molecule has 1 aromatic heterocycles. The van der Waals surface area contributed by atoms with Crippen molar-refractivity contribution in [2.75, 3.05) is 5.75 Å². The third-order valence-electron chi connectivity index (χ3n) is 0.959. The maximum atomic E-state index is 9.02. The fourth-order valence-corrected chi connectivity index (χ4v) is 2.28. The summed E-state index contributed by atoms with van der Waals surface area (Å²) in [6.07, 6.45) is 0. The normalized spacial score (nSPS) is 9.45. The first kappa shape index (κ1) is 8.37. The van der Waals surface area contributed by atoms with Crippen LogP contribution in [0.25, 0.3) is 0 Å². The van der Waals surface area contributed by atoms with Gasteiger partial charge in [0.2, 0.25) is 5.88 Å². The minimum atomic E-state index is -0.145. The van der Waals surface area contributed by atoms with Crippen molar-refractivity contribution >= 4 is 23.1 Å². The van der Waals surface area contributed by atoms with E-state index in [-0.39, 0.29) is 5.88 Å². The van der Waals surface area contributed by atoms with Gasteiger partial charge in [-0.05, 0) is 5.75 Å². The van der Waals surface area contributed by atoms with E-state index in [2.05, 4.69) is 4.98 Å². The van der Waals surface area contributed by atoms with E-state index >= 15 is 0 Å². The van der Waals surface area contributed by atoms with E-state index in [0.717, 1.165) is 10.1 Å². The third-order valence-corrected chi connectivity index (χ3v) is 2.93. The van der Waals surface area contributed by atoms with Crippen molar-refractivity contribution in [1.29, 1.82) is 5.26 Å². The molecule has 0 saturated heterocycles. The van der Waals surface area contributed by atoms with Crippen molar-refractivity contribution in [3.05, 3.63) is 4.88 Å². The number of hydrogen-bond donors (Lipinski definition) is 1. The topological polar surface area (TPSA) is 56.9 Å². The van der Waals surface area contributed by atoms with Crippen LogP contribution in [0, 0.1) is 11.3 Å². The van der Waals surface area contributed by atoms with E-state index in [1.807, 2.05) is 13.0 Å². The van der Waals surface area contributed by atoms with Crippen molar-refractivity contribution in [2.45, 2.75) is 11.3 Å². The first-order valence-corrected chi connectivity index (χ1v) is 4.80. The van der Waals surface area contributed by atoms with Crippen molar-refractivity contribution in [3.63, 3.8) is 0 Å². The van der Waals surface area contributed by atoms with Crippen LogP contribution in [0.3, 0.4) is 0 Å². The minimum Gasteiger partial charge on any atom is -0.492 e. The Morgan fingerprint density at radius 2 is 2.55 bits per heavy atom. The molecule has 0 fully saturated rings. The molecule has 0 radical (unpaired) electrons. The smallest absolute Gasteiger partial charge is 0.241 e. The average Bonchev–Trinajstić information content (AvgIpc) is 2.32. The summed E-state index contributed by atoms with van der Waals surface area (Å²) in [5.41, 5.74) is 0. The van der Waals surface area contributed by atoms with E-state index in [4.69, 9.17) is 10.4 Å². The lowest BCUT2D eigenvalue weighted by Gasteiger charge is -1.84. The molecule has 0 amide bonds. The monoisotopic (exact) mass is 186 g/mol. The van der Waals surface area contributed by atoms with Gasteiger partial charge in [0.25, 0.3) is 0 Å². The summed E-state index contributed by atoms with van der Waals surface area (Å²) in [4.78, 5) is 4.08. The summed E-state index contributed by atoms with van der Waals surface area (Å²) < 4.78 is 0.751. The first-order valence-electron chi connectivity index (χ1n) is 3.00. The molecule has 0 aliphatic carbocycles. The van der Waals surface area contributed by atoms with Crippen LogP contribution < -0.4 is 0 Å². The van der Waals surface area contributed by atoms with Gasteiger partial charge in [-0.25, -0.2) is 0 Å². The van der Waals surface area contributed by atoms with Gasteiger partial charge < -0.3 is 5.11 Å². The molecule has 5 heteroatoms. The van der Waals surface area contributed by atoms with Crippen LogP contribution in [0.15, 0.2) is 4.34 Å². The Kier molecular flexibility index (Phi) is 2.74. The van der Waals surface area contributed by atoms with Crippen LogP contribution in [0.5, 0.6) is 5.88 Å². The number of aromatic nitrogens is 1. The highest BCUT2D eigenvalue weighted by Crippen LogP contribution is 2.29. The molecule has 3 nitrogen and oxygen atoms in total. The van der Waals surface area contributed by atoms with E-state index < -0.39 is 0 Å². The zero-order chi connectivity index (χ0) is 8.27. The van der Waals surface area contributed by atoms with Gasteiger partial charge in [-0.1, -0.05) is 30.0 Å². The second-order valence-electron chi connectivity index (χ2n) is 1.68. The molecule has 0 saturated carbocycles. The molecule has 1 aromatic rings. The van der Waals surface area contributed by atoms with Gasteiger partial charge in [-0.15, -0.1) is 0 Å². The molecule has 11 heavy (non-hydrogen) atoms. The Morgan fingerprint density at radius 3 is 3.00 bits per heavy atom. The summed E-state index contributed by atoms with van der Waals surface area (Å²) in [5, 5.41) is 17.5. The number of rotatable bonds is 2. The molecule has 0 bridgehead atoms. The summed E-state index contributed by atoms with van der Waals surface area (Å²) in [6.45, 7) is 2.00. The molecule has 0 aliphatic rings. The zero-order valence-electron chi connectivity index (χ0n) is 5.87. The Labute approximate surface area is 72.7 Å². The molecule has 1 rings (SSSR count). The van der Waals surface area contributed by atoms with Gasteiger partial charge in [-0.2, -0.15) is 10.2 Å². The zero-order valence-corrected chi connectivity index (χ0v) is 7.50. The first-order chi connectivity index (χ1) is 5.27. The van der Waals surface area contributed by atoms with Crippen LogP contribution in [0.1, 0.15) is 11.8 Å². The predicted octanol–water partition coefficient (Wildman–Crippen LogP) is 1.83. The Hall–Kier alpha value is -0.730. The average molecular weight is 186 g/mol. The molecule has 0 aliphatic heterocycles. The van der Waals surface area contributed by atoms with Gasteiger partial charge in [0.1, 0.15) is 6.07 Å². The number of nitriles is 1. The number of thioether (sulfide) groups is 1. The SMILES string of the molecule is CCSc1nc(O)c(C#N)s1. The number of hydrogen-bond acceptors (Lipinski definition) is 5. The largest absolute Gasteiger partial charge is 0.492 e. The molecule has 0 aromatic carbocycles. The molecule has 0 unspecified atom stereocenters. The van der Waals surface area contributed by atoms with Crippen molar-refractivity contribution < 1.29 is 5.11 Å². The van der Waals surface area contributed by atoms with Gasteiger partial charge in [0.15, 0.2) is 9.22 Å². The van der Waals surface area contributed by atoms with Gasteiger partial charge >= 0.3 is 0 Å². The number of thiazole rings is 1. The van der Waals surface area contributed by atoms with Gasteiger partial charge in [-0.3, -0.25) is 0 Å². The Morgan fingerprint density at radius 1 is 1.82 bits per heavy atom. The van der Waals surface area contributed by atoms with Crippen molar-refractivity contribution in [1.82, 2.24) is 4.98 Å². The summed E-state index contributed by atoms with van der Waals surface area (Å²) in [7, 11) is 0. The van der Waals surface area contributed by atoms with Crippen molar-refractivity contribution in [3.8, 4) is 11.9 Å². The highest BCUT2D eigenvalue weighted by atomic mass is 32.2. The summed E-state index contributed by atoms with van der Waals surface area (Å²) in [6, 6.07) is 1.87.